The van der Waals surface area contributed by atoms with Gasteiger partial charge in [-0.3, -0.25) is 0 Å². The number of hydrogen-bond donors (Lipinski definition) is 0. The maximum absolute atomic E-state index is 5.54. The molecule has 0 aromatic rings. The molecule has 0 atom stereocenters. The summed E-state index contributed by atoms with van der Waals surface area (Å²) in [5, 5.41) is 0. The lowest BCUT2D eigenvalue weighted by atomic mass is 10.3. The van der Waals surface area contributed by atoms with Crippen molar-refractivity contribution < 1.29 is 4.74 Å². The van der Waals surface area contributed by atoms with E-state index in [1.807, 2.05) is 13.8 Å². The first-order chi connectivity index (χ1) is 5.18. The van der Waals surface area contributed by atoms with E-state index in [2.05, 4.69) is 13.8 Å². The molecule has 0 rings (SSSR count). The fourth-order valence-electron chi connectivity index (χ4n) is 0.422. The van der Waals surface area contributed by atoms with Crippen LogP contribution in [-0.4, -0.2) is 32.5 Å². The molecule has 0 saturated heterocycles. The Morgan fingerprint density at radius 1 is 1.27 bits per heavy atom. The molecule has 0 spiro atoms. The zero-order valence-electron chi connectivity index (χ0n) is 8.19. The summed E-state index contributed by atoms with van der Waals surface area (Å²) in [7, 11) is 5.54. The van der Waals surface area contributed by atoms with Gasteiger partial charge in [0.1, 0.15) is 0 Å². The van der Waals surface area contributed by atoms with Crippen molar-refractivity contribution in [3.63, 3.8) is 0 Å². The van der Waals surface area contributed by atoms with Crippen LogP contribution in [0.3, 0.4) is 0 Å². The third-order valence-corrected chi connectivity index (χ3v) is 3.12. The Hall–Kier alpha value is 1.02. The highest BCUT2D eigenvalue weighted by atomic mass is 35.5. The number of halogens is 1. The van der Waals surface area contributed by atoms with Crippen LogP contribution in [0, 0.1) is 5.92 Å². The van der Waals surface area contributed by atoms with Gasteiger partial charge in [0.05, 0.1) is 0 Å². The average molecular weight is 191 g/mol. The van der Waals surface area contributed by atoms with E-state index in [0.717, 1.165) is 19.1 Å². The molecule has 0 aliphatic heterocycles. The minimum absolute atomic E-state index is 0.161. The Balaban J connectivity index is 0. The van der Waals surface area contributed by atoms with E-state index in [1.54, 1.807) is 0 Å². The monoisotopic (exact) mass is 190 g/mol. The van der Waals surface area contributed by atoms with Crippen LogP contribution in [0.25, 0.3) is 0 Å². The summed E-state index contributed by atoms with van der Waals surface area (Å²) in [4.78, 5) is 0. The van der Waals surface area contributed by atoms with E-state index in [0.29, 0.717) is 0 Å². The van der Waals surface area contributed by atoms with Crippen LogP contribution < -0.4 is 0 Å². The predicted octanol–water partition coefficient (Wildman–Crippen LogP) is 2.96. The Kier molecular flexibility index (Phi) is 18.0. The maximum atomic E-state index is 5.54. The first kappa shape index (κ1) is 14.5. The second kappa shape index (κ2) is 13.6. The molecule has 1 nitrogen and oxygen atoms in total. The smallest absolute Gasteiger partial charge is 0.382 e. The van der Waals surface area contributed by atoms with Crippen molar-refractivity contribution in [1.29, 1.82) is 0 Å². The molecule has 0 fully saturated rings. The molecule has 0 aromatic carbocycles. The van der Waals surface area contributed by atoms with Crippen molar-refractivity contribution >= 4 is 28.3 Å². The predicted molar refractivity (Wildman–Crippen MR) is 53.4 cm³/mol. The molecule has 0 aromatic heterocycles. The molecule has 11 heavy (non-hydrogen) atoms. The quantitative estimate of drug-likeness (QED) is 0.620. The Bertz CT molecular complexity index is 58.1. The van der Waals surface area contributed by atoms with Crippen molar-refractivity contribution in [2.24, 2.45) is 5.92 Å². The zero-order chi connectivity index (χ0) is 9.11. The van der Waals surface area contributed by atoms with Gasteiger partial charge in [-0.05, 0) is 13.8 Å². The summed E-state index contributed by atoms with van der Waals surface area (Å²) >= 11 is -0.161. The minimum atomic E-state index is -0.161. The summed E-state index contributed by atoms with van der Waals surface area (Å²) in [5.74, 6) is 0.828. The van der Waals surface area contributed by atoms with Crippen LogP contribution >= 0.6 is 9.07 Å². The molecular weight excluding hydrogens is 172 g/mol. The van der Waals surface area contributed by atoms with Gasteiger partial charge >= 0.3 is 19.3 Å². The number of ether oxygens (including phenoxy) is 1. The molecular formula is C8H19ClMgO. The number of rotatable bonds is 4. The summed E-state index contributed by atoms with van der Waals surface area (Å²) in [6, 6.07) is 0. The van der Waals surface area contributed by atoms with Crippen molar-refractivity contribution in [2.75, 3.05) is 13.2 Å². The van der Waals surface area contributed by atoms with E-state index in [-0.39, 0.29) is 19.3 Å². The van der Waals surface area contributed by atoms with Crippen molar-refractivity contribution in [3.8, 4) is 0 Å². The third-order valence-electron chi connectivity index (χ3n) is 1.09. The molecule has 0 saturated carbocycles. The van der Waals surface area contributed by atoms with Gasteiger partial charge in [0, 0.05) is 13.2 Å². The molecule has 0 amide bonds. The second-order valence-electron chi connectivity index (χ2n) is 2.65. The van der Waals surface area contributed by atoms with Crippen molar-refractivity contribution in [1.82, 2.24) is 0 Å². The highest BCUT2D eigenvalue weighted by Crippen LogP contribution is 1.98. The Labute approximate surface area is 84.3 Å². The first-order valence-electron chi connectivity index (χ1n) is 4.32. The lowest BCUT2D eigenvalue weighted by Crippen LogP contribution is -1.86. The lowest BCUT2D eigenvalue weighted by molar-refractivity contribution is 0.162. The van der Waals surface area contributed by atoms with E-state index in [4.69, 9.17) is 13.8 Å². The third kappa shape index (κ3) is 24.7. The van der Waals surface area contributed by atoms with Crippen LogP contribution in [-0.2, 0) is 4.74 Å². The second-order valence-corrected chi connectivity index (χ2v) is 4.74. The molecule has 0 N–H and O–H groups in total. The maximum Gasteiger partial charge on any atom is 0.501 e. The van der Waals surface area contributed by atoms with Gasteiger partial charge in [0.25, 0.3) is 0 Å². The standard InChI is InChI=1S/C4H10O.C4H9.ClH.Mg/c1-3-5-4-2;1-4(2)3;;/h3-4H2,1-2H3;4H,1H2,2-3H3;1H;/q;;;+1/p-1. The topological polar surface area (TPSA) is 9.23 Å². The van der Waals surface area contributed by atoms with Crippen LogP contribution in [0.2, 0.25) is 4.55 Å². The molecule has 0 bridgehead atoms. The molecule has 0 heterocycles. The zero-order valence-corrected chi connectivity index (χ0v) is 10.4. The van der Waals surface area contributed by atoms with Crippen LogP contribution in [0.4, 0.5) is 0 Å². The van der Waals surface area contributed by atoms with Crippen LogP contribution in [0.5, 0.6) is 0 Å². The molecule has 0 unspecified atom stereocenters. The van der Waals surface area contributed by atoms with E-state index in [9.17, 15) is 0 Å². The van der Waals surface area contributed by atoms with Gasteiger partial charge < -0.3 is 13.8 Å². The highest BCUT2D eigenvalue weighted by molar-refractivity contribution is 6.93. The Morgan fingerprint density at radius 2 is 1.73 bits per heavy atom. The minimum Gasteiger partial charge on any atom is -0.382 e. The summed E-state index contributed by atoms with van der Waals surface area (Å²) in [6.45, 7) is 10.1. The molecule has 0 aliphatic carbocycles. The SMILES string of the molecule is CC(C)[CH2][Mg][Cl].CCOCC. The van der Waals surface area contributed by atoms with Gasteiger partial charge in [0.15, 0.2) is 0 Å². The molecule has 0 radical (unpaired) electrons. The summed E-state index contributed by atoms with van der Waals surface area (Å²) in [5.41, 5.74) is 0. The van der Waals surface area contributed by atoms with Crippen molar-refractivity contribution in [3.05, 3.63) is 0 Å². The average Bonchev–Trinajstić information content (AvgIpc) is 1.90. The van der Waals surface area contributed by atoms with Crippen LogP contribution in [0.1, 0.15) is 27.7 Å². The van der Waals surface area contributed by atoms with Gasteiger partial charge in [0.2, 0.25) is 0 Å². The fraction of sp³-hybridized carbons (Fsp3) is 1.00. The van der Waals surface area contributed by atoms with Gasteiger partial charge in [-0.25, -0.2) is 0 Å². The lowest BCUT2D eigenvalue weighted by Gasteiger charge is -1.93. The van der Waals surface area contributed by atoms with Gasteiger partial charge in [-0.2, -0.15) is 0 Å². The largest absolute Gasteiger partial charge is 0.501 e. The number of hydrogen-bond acceptors (Lipinski definition) is 1. The molecule has 66 valence electrons. The van der Waals surface area contributed by atoms with E-state index in [1.165, 1.54) is 4.55 Å². The molecule has 0 aliphatic rings. The Morgan fingerprint density at radius 3 is 1.73 bits per heavy atom. The summed E-state index contributed by atoms with van der Waals surface area (Å²) in [6.07, 6.45) is 0. The van der Waals surface area contributed by atoms with Crippen LogP contribution in [0.15, 0.2) is 0 Å². The highest BCUT2D eigenvalue weighted by Gasteiger charge is 1.92. The van der Waals surface area contributed by atoms with Crippen molar-refractivity contribution in [2.45, 2.75) is 32.2 Å². The first-order valence-corrected chi connectivity index (χ1v) is 7.46. The normalized spacial score (nSPS) is 8.55. The van der Waals surface area contributed by atoms with Gasteiger partial charge in [-0.15, -0.1) is 4.55 Å². The van der Waals surface area contributed by atoms with E-state index >= 15 is 0 Å². The van der Waals surface area contributed by atoms with Gasteiger partial charge in [-0.1, -0.05) is 19.8 Å². The molecule has 3 heteroatoms. The van der Waals surface area contributed by atoms with E-state index < -0.39 is 0 Å². The fourth-order valence-corrected chi connectivity index (χ4v) is 2.17. The summed E-state index contributed by atoms with van der Waals surface area (Å²) < 4.78 is 6.11.